The van der Waals surface area contributed by atoms with E-state index >= 15 is 0 Å². The summed E-state index contributed by atoms with van der Waals surface area (Å²) in [5.74, 6) is 2.19. The summed E-state index contributed by atoms with van der Waals surface area (Å²) in [6, 6.07) is 6.12. The third-order valence-electron chi connectivity index (χ3n) is 5.07. The van der Waals surface area contributed by atoms with Gasteiger partial charge in [0.05, 0.1) is 19.8 Å². The number of esters is 1. The highest BCUT2D eigenvalue weighted by molar-refractivity contribution is 9.10. The first kappa shape index (κ1) is 20.2. The molecule has 0 radical (unpaired) electrons. The highest BCUT2D eigenvalue weighted by atomic mass is 79.9. The standard InChI is InChI=1S/C20H30BrNO3/c1-4-24-20(23)14-22-10-7-17(8-11-22)15(2)9-12-25-18-5-6-19(21)16(3)13-18/h5-6,13,15,17H,4,7-12,14H2,1-3H3/t15-/m1/s1. The molecule has 4 nitrogen and oxygen atoms in total. The van der Waals surface area contributed by atoms with Crippen LogP contribution in [0.2, 0.25) is 0 Å². The first-order chi connectivity index (χ1) is 12.0. The lowest BCUT2D eigenvalue weighted by Gasteiger charge is -2.34. The van der Waals surface area contributed by atoms with E-state index in [4.69, 9.17) is 9.47 Å². The number of benzene rings is 1. The number of nitrogens with zero attached hydrogens (tertiary/aromatic N) is 1. The van der Waals surface area contributed by atoms with E-state index in [9.17, 15) is 4.79 Å². The van der Waals surface area contributed by atoms with Gasteiger partial charge in [-0.1, -0.05) is 22.9 Å². The molecule has 1 fully saturated rings. The second-order valence-corrected chi connectivity index (χ2v) is 7.80. The first-order valence-electron chi connectivity index (χ1n) is 9.26. The van der Waals surface area contributed by atoms with Crippen molar-refractivity contribution in [2.24, 2.45) is 11.8 Å². The zero-order valence-electron chi connectivity index (χ0n) is 15.6. The molecule has 1 heterocycles. The SMILES string of the molecule is CCOC(=O)CN1CCC([C@H](C)CCOc2ccc(Br)c(C)c2)CC1. The fourth-order valence-electron chi connectivity index (χ4n) is 3.37. The third kappa shape index (κ3) is 6.63. The van der Waals surface area contributed by atoms with Crippen molar-refractivity contribution in [2.45, 2.75) is 40.0 Å². The van der Waals surface area contributed by atoms with Gasteiger partial charge in [0.25, 0.3) is 0 Å². The van der Waals surface area contributed by atoms with Gasteiger partial charge < -0.3 is 9.47 Å². The molecule has 0 N–H and O–H groups in total. The molecule has 5 heteroatoms. The van der Waals surface area contributed by atoms with E-state index < -0.39 is 0 Å². The predicted molar refractivity (Wildman–Crippen MR) is 104 cm³/mol. The Morgan fingerprint density at radius 2 is 2.08 bits per heavy atom. The van der Waals surface area contributed by atoms with Gasteiger partial charge >= 0.3 is 5.97 Å². The molecule has 140 valence electrons. The summed E-state index contributed by atoms with van der Waals surface area (Å²) in [4.78, 5) is 13.8. The number of piperidine rings is 1. The van der Waals surface area contributed by atoms with E-state index in [1.165, 1.54) is 5.56 Å². The number of rotatable bonds is 8. The molecule has 1 aromatic rings. The van der Waals surface area contributed by atoms with Gasteiger partial charge in [0.1, 0.15) is 5.75 Å². The molecule has 0 unspecified atom stereocenters. The van der Waals surface area contributed by atoms with Crippen LogP contribution in [0.25, 0.3) is 0 Å². The van der Waals surface area contributed by atoms with Crippen molar-refractivity contribution in [2.75, 3.05) is 32.8 Å². The zero-order valence-corrected chi connectivity index (χ0v) is 17.2. The molecule has 1 aliphatic heterocycles. The second-order valence-electron chi connectivity index (χ2n) is 6.94. The molecule has 1 saturated heterocycles. The van der Waals surface area contributed by atoms with Crippen molar-refractivity contribution in [1.29, 1.82) is 0 Å². The molecular weight excluding hydrogens is 382 g/mol. The molecule has 0 spiro atoms. The molecule has 25 heavy (non-hydrogen) atoms. The highest BCUT2D eigenvalue weighted by Crippen LogP contribution is 2.28. The maximum Gasteiger partial charge on any atom is 0.320 e. The Labute approximate surface area is 160 Å². The molecule has 0 bridgehead atoms. The van der Waals surface area contributed by atoms with Gasteiger partial charge in [0.2, 0.25) is 0 Å². The van der Waals surface area contributed by atoms with Crippen molar-refractivity contribution in [3.8, 4) is 5.75 Å². The van der Waals surface area contributed by atoms with Crippen LogP contribution < -0.4 is 4.74 Å². The van der Waals surface area contributed by atoms with Crippen LogP contribution >= 0.6 is 15.9 Å². The van der Waals surface area contributed by atoms with Crippen LogP contribution in [0.3, 0.4) is 0 Å². The summed E-state index contributed by atoms with van der Waals surface area (Å²) in [5.41, 5.74) is 1.19. The van der Waals surface area contributed by atoms with E-state index in [0.29, 0.717) is 25.0 Å². The average molecular weight is 412 g/mol. The maximum atomic E-state index is 11.6. The molecular formula is C20H30BrNO3. The summed E-state index contributed by atoms with van der Waals surface area (Å²) in [7, 11) is 0. The monoisotopic (exact) mass is 411 g/mol. The van der Waals surface area contributed by atoms with Crippen molar-refractivity contribution >= 4 is 21.9 Å². The fourth-order valence-corrected chi connectivity index (χ4v) is 3.62. The molecule has 1 aromatic carbocycles. The molecule has 1 atom stereocenters. The molecule has 2 rings (SSSR count). The topological polar surface area (TPSA) is 38.8 Å². The van der Waals surface area contributed by atoms with Crippen molar-refractivity contribution in [3.63, 3.8) is 0 Å². The number of aryl methyl sites for hydroxylation is 1. The van der Waals surface area contributed by atoms with Crippen LogP contribution in [-0.4, -0.2) is 43.7 Å². The van der Waals surface area contributed by atoms with E-state index in [2.05, 4.69) is 40.7 Å². The third-order valence-corrected chi connectivity index (χ3v) is 5.96. The van der Waals surface area contributed by atoms with Crippen LogP contribution in [0.4, 0.5) is 0 Å². The largest absolute Gasteiger partial charge is 0.494 e. The van der Waals surface area contributed by atoms with Crippen molar-refractivity contribution < 1.29 is 14.3 Å². The fraction of sp³-hybridized carbons (Fsp3) is 0.650. The number of carbonyl (C=O) groups is 1. The minimum Gasteiger partial charge on any atom is -0.494 e. The molecule has 0 amide bonds. The Morgan fingerprint density at radius 1 is 1.36 bits per heavy atom. The lowest BCUT2D eigenvalue weighted by Crippen LogP contribution is -2.39. The number of hydrogen-bond acceptors (Lipinski definition) is 4. The second kappa shape index (κ2) is 10.2. The number of hydrogen-bond donors (Lipinski definition) is 0. The summed E-state index contributed by atoms with van der Waals surface area (Å²) in [6.07, 6.45) is 3.37. The average Bonchev–Trinajstić information content (AvgIpc) is 2.59. The van der Waals surface area contributed by atoms with E-state index in [-0.39, 0.29) is 5.97 Å². The van der Waals surface area contributed by atoms with E-state index in [0.717, 1.165) is 49.2 Å². The van der Waals surface area contributed by atoms with Crippen molar-refractivity contribution in [1.82, 2.24) is 4.90 Å². The predicted octanol–water partition coefficient (Wildman–Crippen LogP) is 4.44. The molecule has 0 saturated carbocycles. The van der Waals surface area contributed by atoms with Gasteiger partial charge in [-0.25, -0.2) is 0 Å². The van der Waals surface area contributed by atoms with E-state index in [1.807, 2.05) is 19.1 Å². The molecule has 0 aliphatic carbocycles. The lowest BCUT2D eigenvalue weighted by atomic mass is 9.84. The van der Waals surface area contributed by atoms with Crippen molar-refractivity contribution in [3.05, 3.63) is 28.2 Å². The summed E-state index contributed by atoms with van der Waals surface area (Å²) < 4.78 is 12.1. The van der Waals surface area contributed by atoms with Gasteiger partial charge in [-0.05, 0) is 81.8 Å². The molecule has 0 aromatic heterocycles. The van der Waals surface area contributed by atoms with Gasteiger partial charge in [-0.3, -0.25) is 9.69 Å². The van der Waals surface area contributed by atoms with Gasteiger partial charge in [0.15, 0.2) is 0 Å². The van der Waals surface area contributed by atoms with Crippen LogP contribution in [0, 0.1) is 18.8 Å². The van der Waals surface area contributed by atoms with Gasteiger partial charge in [-0.15, -0.1) is 0 Å². The number of carbonyl (C=O) groups excluding carboxylic acids is 1. The Kier molecular flexibility index (Phi) is 8.24. The van der Waals surface area contributed by atoms with Gasteiger partial charge in [0, 0.05) is 4.47 Å². The van der Waals surface area contributed by atoms with Crippen LogP contribution in [0.5, 0.6) is 5.75 Å². The summed E-state index contributed by atoms with van der Waals surface area (Å²) in [5, 5.41) is 0. The summed E-state index contributed by atoms with van der Waals surface area (Å²) in [6.45, 7) is 9.87. The highest BCUT2D eigenvalue weighted by Gasteiger charge is 2.25. The number of halogens is 1. The Hall–Kier alpha value is -1.07. The minimum absolute atomic E-state index is 0.104. The first-order valence-corrected chi connectivity index (χ1v) is 10.1. The minimum atomic E-state index is -0.104. The maximum absolute atomic E-state index is 11.6. The Balaban J connectivity index is 1.67. The van der Waals surface area contributed by atoms with Crippen LogP contribution in [0.15, 0.2) is 22.7 Å². The lowest BCUT2D eigenvalue weighted by molar-refractivity contribution is -0.144. The Morgan fingerprint density at radius 3 is 2.72 bits per heavy atom. The normalized spacial score (nSPS) is 17.3. The summed E-state index contributed by atoms with van der Waals surface area (Å²) >= 11 is 3.51. The van der Waals surface area contributed by atoms with Gasteiger partial charge in [-0.2, -0.15) is 0 Å². The smallest absolute Gasteiger partial charge is 0.320 e. The van der Waals surface area contributed by atoms with Crippen LogP contribution in [0.1, 0.15) is 38.7 Å². The number of ether oxygens (including phenoxy) is 2. The Bertz CT molecular complexity index is 556. The quantitative estimate of drug-likeness (QED) is 0.592. The molecule has 1 aliphatic rings. The zero-order chi connectivity index (χ0) is 18.2. The number of likely N-dealkylation sites (tertiary alicyclic amines) is 1. The van der Waals surface area contributed by atoms with E-state index in [1.54, 1.807) is 0 Å². The van der Waals surface area contributed by atoms with Crippen LogP contribution in [-0.2, 0) is 9.53 Å².